The number of carbonyl (C=O) groups is 1. The van der Waals surface area contributed by atoms with Gasteiger partial charge in [-0.1, -0.05) is 61.4 Å². The number of carbonyl (C=O) groups excluding carboxylic acids is 1. The maximum absolute atomic E-state index is 12.8. The molecule has 0 heterocycles. The minimum atomic E-state index is -3.95. The van der Waals surface area contributed by atoms with Crippen LogP contribution in [-0.4, -0.2) is 31.6 Å². The van der Waals surface area contributed by atoms with Gasteiger partial charge in [0.15, 0.2) is 0 Å². The third-order valence-electron chi connectivity index (χ3n) is 4.47. The van der Waals surface area contributed by atoms with Crippen molar-refractivity contribution in [3.05, 3.63) is 65.7 Å². The van der Waals surface area contributed by atoms with Gasteiger partial charge in [-0.2, -0.15) is 4.72 Å². The lowest BCUT2D eigenvalue weighted by Crippen LogP contribution is -2.52. The van der Waals surface area contributed by atoms with Crippen molar-refractivity contribution in [2.24, 2.45) is 0 Å². The molecule has 0 bridgehead atoms. The summed E-state index contributed by atoms with van der Waals surface area (Å²) in [7, 11) is -3.95. The summed E-state index contributed by atoms with van der Waals surface area (Å²) < 4.78 is 27.6. The molecule has 2 aromatic rings. The van der Waals surface area contributed by atoms with Gasteiger partial charge < -0.3 is 10.4 Å². The van der Waals surface area contributed by atoms with E-state index < -0.39 is 28.1 Å². The van der Waals surface area contributed by atoms with Crippen molar-refractivity contribution < 1.29 is 18.3 Å². The summed E-state index contributed by atoms with van der Waals surface area (Å²) in [5, 5.41) is 12.9. The maximum atomic E-state index is 12.8. The fraction of sp³-hybridized carbons (Fsp3) is 0.381. The first-order chi connectivity index (χ1) is 13.2. The largest absolute Gasteiger partial charge is 0.391 e. The number of rotatable bonds is 9. The van der Waals surface area contributed by atoms with Gasteiger partial charge in [0.25, 0.3) is 0 Å². The molecule has 2 aromatic carbocycles. The van der Waals surface area contributed by atoms with E-state index in [1.54, 1.807) is 12.1 Å². The lowest BCUT2D eigenvalue weighted by atomic mass is 10.0. The van der Waals surface area contributed by atoms with Crippen LogP contribution >= 0.6 is 0 Å². The van der Waals surface area contributed by atoms with E-state index in [-0.39, 0.29) is 10.9 Å². The molecule has 3 atom stereocenters. The third-order valence-corrected chi connectivity index (χ3v) is 5.93. The maximum Gasteiger partial charge on any atom is 0.241 e. The standard InChI is InChI=1S/C21H28N2O4S/c1-4-8-19(17-9-6-5-7-10-17)22-21(25)20(16(3)24)23-28(26,27)18-13-11-15(2)12-14-18/h5-7,9-14,16,19-20,23-24H,4,8H2,1-3H3,(H,22,25). The Hall–Kier alpha value is -2.22. The molecule has 28 heavy (non-hydrogen) atoms. The Labute approximate surface area is 167 Å². The SMILES string of the molecule is CCCC(NC(=O)C(NS(=O)(=O)c1ccc(C)cc1)C(C)O)c1ccccc1. The van der Waals surface area contributed by atoms with E-state index in [0.717, 1.165) is 17.5 Å². The number of hydrogen-bond acceptors (Lipinski definition) is 4. The van der Waals surface area contributed by atoms with E-state index >= 15 is 0 Å². The quantitative estimate of drug-likeness (QED) is 0.599. The molecule has 0 saturated heterocycles. The third kappa shape index (κ3) is 5.89. The van der Waals surface area contributed by atoms with Gasteiger partial charge >= 0.3 is 0 Å². The monoisotopic (exact) mass is 404 g/mol. The van der Waals surface area contributed by atoms with Gasteiger partial charge in [-0.25, -0.2) is 8.42 Å². The summed E-state index contributed by atoms with van der Waals surface area (Å²) >= 11 is 0. The van der Waals surface area contributed by atoms with Gasteiger partial charge in [0.1, 0.15) is 6.04 Å². The van der Waals surface area contributed by atoms with Crippen LogP contribution in [0.3, 0.4) is 0 Å². The number of hydrogen-bond donors (Lipinski definition) is 3. The first-order valence-electron chi connectivity index (χ1n) is 9.37. The van der Waals surface area contributed by atoms with Crippen molar-refractivity contribution >= 4 is 15.9 Å². The Morgan fingerprint density at radius 2 is 1.68 bits per heavy atom. The molecule has 0 aliphatic carbocycles. The zero-order chi connectivity index (χ0) is 20.7. The summed E-state index contributed by atoms with van der Waals surface area (Å²) in [6.45, 7) is 5.25. The molecule has 0 aromatic heterocycles. The minimum absolute atomic E-state index is 0.0460. The van der Waals surface area contributed by atoms with Crippen LogP contribution in [-0.2, 0) is 14.8 Å². The van der Waals surface area contributed by atoms with Gasteiger partial charge in [0.2, 0.25) is 15.9 Å². The van der Waals surface area contributed by atoms with Crippen molar-refractivity contribution in [1.29, 1.82) is 0 Å². The molecule has 6 nitrogen and oxygen atoms in total. The first-order valence-corrected chi connectivity index (χ1v) is 10.8. The number of nitrogens with one attached hydrogen (secondary N) is 2. The highest BCUT2D eigenvalue weighted by molar-refractivity contribution is 7.89. The number of benzene rings is 2. The average molecular weight is 405 g/mol. The van der Waals surface area contributed by atoms with Gasteiger partial charge in [-0.3, -0.25) is 4.79 Å². The molecule has 0 fully saturated rings. The fourth-order valence-corrected chi connectivity index (χ4v) is 4.15. The van der Waals surface area contributed by atoms with Gasteiger partial charge in [0.05, 0.1) is 17.0 Å². The highest BCUT2D eigenvalue weighted by Gasteiger charge is 2.31. The Bertz CT molecular complexity index is 865. The average Bonchev–Trinajstić information content (AvgIpc) is 2.66. The lowest BCUT2D eigenvalue weighted by Gasteiger charge is -2.25. The van der Waals surface area contributed by atoms with Crippen LogP contribution in [0.4, 0.5) is 0 Å². The van der Waals surface area contributed by atoms with Gasteiger partial charge in [-0.15, -0.1) is 0 Å². The topological polar surface area (TPSA) is 95.5 Å². The van der Waals surface area contributed by atoms with E-state index in [0.29, 0.717) is 6.42 Å². The normalized spacial score (nSPS) is 14.9. The van der Waals surface area contributed by atoms with E-state index in [1.165, 1.54) is 19.1 Å². The van der Waals surface area contributed by atoms with Crippen molar-refractivity contribution in [2.45, 2.75) is 56.7 Å². The molecule has 3 unspecified atom stereocenters. The zero-order valence-electron chi connectivity index (χ0n) is 16.4. The van der Waals surface area contributed by atoms with Crippen molar-refractivity contribution in [1.82, 2.24) is 10.0 Å². The highest BCUT2D eigenvalue weighted by atomic mass is 32.2. The smallest absolute Gasteiger partial charge is 0.241 e. The van der Waals surface area contributed by atoms with Crippen LogP contribution in [0.1, 0.15) is 43.9 Å². The molecular weight excluding hydrogens is 376 g/mol. The molecule has 2 rings (SSSR count). The second-order valence-electron chi connectivity index (χ2n) is 6.91. The number of aliphatic hydroxyl groups excluding tert-OH is 1. The second kappa shape index (κ2) is 9.82. The Morgan fingerprint density at radius 3 is 2.21 bits per heavy atom. The minimum Gasteiger partial charge on any atom is -0.391 e. The van der Waals surface area contributed by atoms with Crippen molar-refractivity contribution in [3.8, 4) is 0 Å². The number of amides is 1. The van der Waals surface area contributed by atoms with E-state index in [4.69, 9.17) is 0 Å². The summed E-state index contributed by atoms with van der Waals surface area (Å²) in [5.41, 5.74) is 1.86. The first kappa shape index (κ1) is 22.1. The molecule has 1 amide bonds. The molecule has 0 aliphatic rings. The summed E-state index contributed by atoms with van der Waals surface area (Å²) in [6, 6.07) is 14.2. The molecule has 0 radical (unpaired) electrons. The second-order valence-corrected chi connectivity index (χ2v) is 8.63. The zero-order valence-corrected chi connectivity index (χ0v) is 17.2. The Morgan fingerprint density at radius 1 is 1.07 bits per heavy atom. The Kier molecular flexibility index (Phi) is 7.74. The highest BCUT2D eigenvalue weighted by Crippen LogP contribution is 2.19. The van der Waals surface area contributed by atoms with Gasteiger partial charge in [0, 0.05) is 0 Å². The van der Waals surface area contributed by atoms with Crippen molar-refractivity contribution in [3.63, 3.8) is 0 Å². The van der Waals surface area contributed by atoms with Crippen LogP contribution in [0, 0.1) is 6.92 Å². The fourth-order valence-electron chi connectivity index (χ4n) is 2.88. The molecule has 0 saturated carbocycles. The lowest BCUT2D eigenvalue weighted by molar-refractivity contribution is -0.125. The molecule has 0 aliphatic heterocycles. The molecule has 0 spiro atoms. The van der Waals surface area contributed by atoms with Crippen LogP contribution in [0.15, 0.2) is 59.5 Å². The van der Waals surface area contributed by atoms with E-state index in [1.807, 2.05) is 44.2 Å². The number of sulfonamides is 1. The van der Waals surface area contributed by atoms with Crippen LogP contribution < -0.4 is 10.0 Å². The predicted octanol–water partition coefficient (Wildman–Crippen LogP) is 2.68. The number of aliphatic hydroxyl groups is 1. The Balaban J connectivity index is 2.20. The van der Waals surface area contributed by atoms with E-state index in [2.05, 4.69) is 10.0 Å². The predicted molar refractivity (Wildman–Crippen MR) is 109 cm³/mol. The van der Waals surface area contributed by atoms with Crippen molar-refractivity contribution in [2.75, 3.05) is 0 Å². The summed E-state index contributed by atoms with van der Waals surface area (Å²) in [4.78, 5) is 12.9. The van der Waals surface area contributed by atoms with Crippen LogP contribution in [0.5, 0.6) is 0 Å². The summed E-state index contributed by atoms with van der Waals surface area (Å²) in [6.07, 6.45) is 0.347. The van der Waals surface area contributed by atoms with Crippen LogP contribution in [0.2, 0.25) is 0 Å². The molecule has 152 valence electrons. The van der Waals surface area contributed by atoms with Gasteiger partial charge in [-0.05, 0) is 38.0 Å². The number of aryl methyl sites for hydroxylation is 1. The summed E-state index contributed by atoms with van der Waals surface area (Å²) in [5.74, 6) is -0.562. The molecule has 3 N–H and O–H groups in total. The van der Waals surface area contributed by atoms with E-state index in [9.17, 15) is 18.3 Å². The van der Waals surface area contributed by atoms with Crippen LogP contribution in [0.25, 0.3) is 0 Å². The molecular formula is C21H28N2O4S. The molecule has 7 heteroatoms.